The van der Waals surface area contributed by atoms with Gasteiger partial charge in [0.05, 0.1) is 6.61 Å². The van der Waals surface area contributed by atoms with Crippen molar-refractivity contribution >= 4 is 23.4 Å². The second-order valence-corrected chi connectivity index (χ2v) is 5.90. The zero-order chi connectivity index (χ0) is 19.6. The van der Waals surface area contributed by atoms with Crippen molar-refractivity contribution in [2.24, 2.45) is 0 Å². The summed E-state index contributed by atoms with van der Waals surface area (Å²) in [5.41, 5.74) is 6.05. The van der Waals surface area contributed by atoms with Crippen LogP contribution in [0.4, 0.5) is 5.69 Å². The molecule has 0 unspecified atom stereocenters. The first kappa shape index (κ1) is 20.0. The summed E-state index contributed by atoms with van der Waals surface area (Å²) >= 11 is 0. The summed E-state index contributed by atoms with van der Waals surface area (Å²) in [5.74, 6) is -0.497. The Morgan fingerprint density at radius 3 is 2.22 bits per heavy atom. The van der Waals surface area contributed by atoms with Gasteiger partial charge in [-0.15, -0.1) is 0 Å². The van der Waals surface area contributed by atoms with E-state index >= 15 is 0 Å². The van der Waals surface area contributed by atoms with Crippen LogP contribution in [0.5, 0.6) is 5.75 Å². The Morgan fingerprint density at radius 2 is 1.59 bits per heavy atom. The average molecular weight is 369 g/mol. The third-order valence-electron chi connectivity index (χ3n) is 3.62. The van der Waals surface area contributed by atoms with Crippen LogP contribution in [0.25, 0.3) is 0 Å². The fraction of sp³-hybridized carbons (Fsp3) is 0.250. The van der Waals surface area contributed by atoms with E-state index in [1.165, 1.54) is 6.92 Å². The van der Waals surface area contributed by atoms with Crippen LogP contribution in [0.3, 0.4) is 0 Å². The maximum Gasteiger partial charge on any atom is 0.269 e. The number of rotatable bonds is 7. The molecule has 0 bridgehead atoms. The molecule has 0 aliphatic heterocycles. The van der Waals surface area contributed by atoms with Gasteiger partial charge in [-0.05, 0) is 48.9 Å². The summed E-state index contributed by atoms with van der Waals surface area (Å²) in [4.78, 5) is 35.3. The number of nitrogens with one attached hydrogen (secondary N) is 3. The smallest absolute Gasteiger partial charge is 0.269 e. The Bertz CT molecular complexity index is 803. The van der Waals surface area contributed by atoms with E-state index in [4.69, 9.17) is 4.74 Å². The molecule has 0 aliphatic carbocycles. The molecule has 7 heteroatoms. The molecule has 27 heavy (non-hydrogen) atoms. The maximum atomic E-state index is 12.2. The largest absolute Gasteiger partial charge is 0.494 e. The zero-order valence-electron chi connectivity index (χ0n) is 15.4. The Morgan fingerprint density at radius 1 is 0.926 bits per heavy atom. The molecule has 3 amide bonds. The minimum Gasteiger partial charge on any atom is -0.494 e. The van der Waals surface area contributed by atoms with Gasteiger partial charge >= 0.3 is 0 Å². The maximum absolute atomic E-state index is 12.2. The zero-order valence-corrected chi connectivity index (χ0v) is 15.4. The quantitative estimate of drug-likeness (QED) is 0.516. The van der Waals surface area contributed by atoms with Crippen molar-refractivity contribution in [2.75, 3.05) is 11.9 Å². The normalized spacial score (nSPS) is 10.0. The van der Waals surface area contributed by atoms with Crippen LogP contribution in [0.1, 0.15) is 47.4 Å². The van der Waals surface area contributed by atoms with Gasteiger partial charge in [0, 0.05) is 23.7 Å². The fourth-order valence-corrected chi connectivity index (χ4v) is 2.23. The van der Waals surface area contributed by atoms with Crippen LogP contribution in [0, 0.1) is 0 Å². The number of hydrazine groups is 1. The number of ether oxygens (including phenoxy) is 1. The van der Waals surface area contributed by atoms with E-state index in [-0.39, 0.29) is 5.91 Å². The summed E-state index contributed by atoms with van der Waals surface area (Å²) in [7, 11) is 0. The minimum absolute atomic E-state index is 0.194. The van der Waals surface area contributed by atoms with Crippen LogP contribution >= 0.6 is 0 Å². The van der Waals surface area contributed by atoms with E-state index in [0.717, 1.165) is 12.8 Å². The summed E-state index contributed by atoms with van der Waals surface area (Å²) < 4.78 is 5.57. The molecule has 0 radical (unpaired) electrons. The third-order valence-corrected chi connectivity index (χ3v) is 3.62. The van der Waals surface area contributed by atoms with Crippen molar-refractivity contribution in [1.29, 1.82) is 0 Å². The van der Waals surface area contributed by atoms with Crippen molar-refractivity contribution in [3.8, 4) is 5.75 Å². The fourth-order valence-electron chi connectivity index (χ4n) is 2.23. The van der Waals surface area contributed by atoms with Crippen molar-refractivity contribution in [1.82, 2.24) is 10.9 Å². The lowest BCUT2D eigenvalue weighted by molar-refractivity contribution is -0.114. The summed E-state index contributed by atoms with van der Waals surface area (Å²) in [5, 5.41) is 2.61. The van der Waals surface area contributed by atoms with Crippen LogP contribution < -0.4 is 20.9 Å². The number of hydrogen-bond acceptors (Lipinski definition) is 4. The predicted molar refractivity (Wildman–Crippen MR) is 103 cm³/mol. The first-order chi connectivity index (χ1) is 13.0. The van der Waals surface area contributed by atoms with Gasteiger partial charge in [0.2, 0.25) is 5.91 Å². The Labute approximate surface area is 158 Å². The van der Waals surface area contributed by atoms with Gasteiger partial charge in [0.25, 0.3) is 11.8 Å². The van der Waals surface area contributed by atoms with Gasteiger partial charge in [-0.1, -0.05) is 19.4 Å². The van der Waals surface area contributed by atoms with Gasteiger partial charge < -0.3 is 10.1 Å². The van der Waals surface area contributed by atoms with Gasteiger partial charge in [-0.25, -0.2) is 0 Å². The molecule has 0 atom stereocenters. The number of carbonyl (C=O) groups excluding carboxylic acids is 3. The van der Waals surface area contributed by atoms with Gasteiger partial charge in [0.15, 0.2) is 0 Å². The molecule has 3 N–H and O–H groups in total. The van der Waals surface area contributed by atoms with Crippen LogP contribution in [-0.2, 0) is 4.79 Å². The molecule has 0 fully saturated rings. The van der Waals surface area contributed by atoms with E-state index in [0.29, 0.717) is 29.2 Å². The van der Waals surface area contributed by atoms with E-state index in [1.807, 2.05) is 0 Å². The number of carbonyl (C=O) groups is 3. The van der Waals surface area contributed by atoms with Crippen LogP contribution in [0.2, 0.25) is 0 Å². The predicted octanol–water partition coefficient (Wildman–Crippen LogP) is 2.90. The van der Waals surface area contributed by atoms with E-state index in [2.05, 4.69) is 23.1 Å². The van der Waals surface area contributed by atoms with Gasteiger partial charge in [-0.2, -0.15) is 0 Å². The molecular weight excluding hydrogens is 346 g/mol. The lowest BCUT2D eigenvalue weighted by Crippen LogP contribution is -2.41. The van der Waals surface area contributed by atoms with Gasteiger partial charge in [0.1, 0.15) is 5.75 Å². The molecule has 0 aliphatic rings. The van der Waals surface area contributed by atoms with Gasteiger partial charge in [-0.3, -0.25) is 25.2 Å². The molecular formula is C20H23N3O4. The molecule has 0 saturated carbocycles. The second kappa shape index (κ2) is 9.96. The second-order valence-electron chi connectivity index (χ2n) is 5.90. The minimum atomic E-state index is -0.465. The van der Waals surface area contributed by atoms with Crippen LogP contribution in [0.15, 0.2) is 48.5 Å². The van der Waals surface area contributed by atoms with Crippen molar-refractivity contribution in [3.63, 3.8) is 0 Å². The molecule has 0 heterocycles. The molecule has 2 aromatic rings. The SMILES string of the molecule is CCCCOc1cccc(C(=O)NNC(=O)c2ccc(NC(C)=O)cc2)c1. The summed E-state index contributed by atoms with van der Waals surface area (Å²) in [6, 6.07) is 13.1. The standard InChI is InChI=1S/C20H23N3O4/c1-3-4-12-27-18-7-5-6-16(13-18)20(26)23-22-19(25)15-8-10-17(11-9-15)21-14(2)24/h5-11,13H,3-4,12H2,1-2H3,(H,21,24)(H,22,25)(H,23,26). The lowest BCUT2D eigenvalue weighted by atomic mass is 10.2. The highest BCUT2D eigenvalue weighted by Crippen LogP contribution is 2.14. The Hall–Kier alpha value is -3.35. The van der Waals surface area contributed by atoms with E-state index in [9.17, 15) is 14.4 Å². The average Bonchev–Trinajstić information content (AvgIpc) is 2.66. The summed E-state index contributed by atoms with van der Waals surface area (Å²) in [6.07, 6.45) is 1.96. The van der Waals surface area contributed by atoms with Crippen LogP contribution in [-0.4, -0.2) is 24.3 Å². The number of amides is 3. The first-order valence-corrected chi connectivity index (χ1v) is 8.71. The molecule has 2 rings (SSSR count). The Balaban J connectivity index is 1.90. The third kappa shape index (κ3) is 6.47. The lowest BCUT2D eigenvalue weighted by Gasteiger charge is -2.10. The first-order valence-electron chi connectivity index (χ1n) is 8.71. The highest BCUT2D eigenvalue weighted by atomic mass is 16.5. The molecule has 0 saturated heterocycles. The topological polar surface area (TPSA) is 96.5 Å². The van der Waals surface area contributed by atoms with E-state index < -0.39 is 11.8 Å². The number of anilines is 1. The summed E-state index contributed by atoms with van der Waals surface area (Å²) in [6.45, 7) is 4.07. The molecule has 2 aromatic carbocycles. The van der Waals surface area contributed by atoms with Crippen molar-refractivity contribution < 1.29 is 19.1 Å². The molecule has 0 spiro atoms. The van der Waals surface area contributed by atoms with Crippen molar-refractivity contribution in [3.05, 3.63) is 59.7 Å². The number of hydrogen-bond donors (Lipinski definition) is 3. The Kier molecular flexibility index (Phi) is 7.37. The highest BCUT2D eigenvalue weighted by molar-refractivity contribution is 5.99. The molecule has 142 valence electrons. The molecule has 7 nitrogen and oxygen atoms in total. The van der Waals surface area contributed by atoms with E-state index in [1.54, 1.807) is 48.5 Å². The highest BCUT2D eigenvalue weighted by Gasteiger charge is 2.10. The van der Waals surface area contributed by atoms with Crippen molar-refractivity contribution in [2.45, 2.75) is 26.7 Å². The number of benzene rings is 2. The monoisotopic (exact) mass is 369 g/mol. The molecule has 0 aromatic heterocycles. The number of unbranched alkanes of at least 4 members (excludes halogenated alkanes) is 1.